The first kappa shape index (κ1) is 19.4. The van der Waals surface area contributed by atoms with Gasteiger partial charge in [0.2, 0.25) is 5.76 Å². The molecule has 154 valence electrons. The summed E-state index contributed by atoms with van der Waals surface area (Å²) < 4.78 is 11.3. The number of carbonyl (C=O) groups excluding carboxylic acids is 1. The lowest BCUT2D eigenvalue weighted by Gasteiger charge is -2.26. The highest BCUT2D eigenvalue weighted by atomic mass is 35.5. The van der Waals surface area contributed by atoms with Gasteiger partial charge in [0.15, 0.2) is 5.43 Å². The summed E-state index contributed by atoms with van der Waals surface area (Å²) in [7, 11) is 1.58. The second-order valence-electron chi connectivity index (χ2n) is 7.37. The average Bonchev–Trinajstić information content (AvgIpc) is 3.07. The zero-order valence-corrected chi connectivity index (χ0v) is 17.4. The first-order valence-electron chi connectivity index (χ1n) is 9.82. The second-order valence-corrected chi connectivity index (χ2v) is 7.78. The molecule has 0 radical (unpaired) electrons. The molecule has 31 heavy (non-hydrogen) atoms. The van der Waals surface area contributed by atoms with Gasteiger partial charge in [0.05, 0.1) is 24.1 Å². The van der Waals surface area contributed by atoms with E-state index >= 15 is 0 Å². The number of methoxy groups -OCH3 is 1. The van der Waals surface area contributed by atoms with Crippen molar-refractivity contribution in [3.8, 4) is 5.75 Å². The van der Waals surface area contributed by atoms with Crippen LogP contribution in [0.25, 0.3) is 11.0 Å². The Morgan fingerprint density at radius 2 is 1.77 bits per heavy atom. The van der Waals surface area contributed by atoms with E-state index in [4.69, 9.17) is 20.8 Å². The fourth-order valence-electron chi connectivity index (χ4n) is 4.10. The minimum atomic E-state index is -0.616. The van der Waals surface area contributed by atoms with Gasteiger partial charge in [-0.25, -0.2) is 0 Å². The maximum Gasteiger partial charge on any atom is 0.291 e. The summed E-state index contributed by atoms with van der Waals surface area (Å²) in [5.41, 5.74) is 2.07. The van der Waals surface area contributed by atoms with Crippen LogP contribution in [0.1, 0.15) is 33.3 Å². The molecule has 6 heteroatoms. The van der Waals surface area contributed by atoms with Gasteiger partial charge >= 0.3 is 0 Å². The summed E-state index contributed by atoms with van der Waals surface area (Å²) >= 11 is 6.38. The minimum absolute atomic E-state index is 0.0728. The summed E-state index contributed by atoms with van der Waals surface area (Å²) in [6.07, 6.45) is 0. The topological polar surface area (TPSA) is 59.8 Å². The Morgan fingerprint density at radius 3 is 2.58 bits per heavy atom. The number of carbonyl (C=O) groups is 1. The molecule has 1 amide bonds. The van der Waals surface area contributed by atoms with Crippen molar-refractivity contribution in [3.63, 3.8) is 0 Å². The van der Waals surface area contributed by atoms with E-state index in [2.05, 4.69) is 0 Å². The van der Waals surface area contributed by atoms with E-state index in [1.54, 1.807) is 42.3 Å². The van der Waals surface area contributed by atoms with E-state index in [9.17, 15) is 9.59 Å². The molecular weight excluding hydrogens is 414 g/mol. The molecule has 0 saturated carbocycles. The highest BCUT2D eigenvalue weighted by molar-refractivity contribution is 6.31. The van der Waals surface area contributed by atoms with Crippen molar-refractivity contribution < 1.29 is 13.9 Å². The maximum absolute atomic E-state index is 13.5. The first-order valence-corrected chi connectivity index (χ1v) is 10.2. The van der Waals surface area contributed by atoms with Crippen LogP contribution in [0.5, 0.6) is 5.75 Å². The minimum Gasteiger partial charge on any atom is -0.497 e. The Morgan fingerprint density at radius 1 is 1.00 bits per heavy atom. The van der Waals surface area contributed by atoms with Gasteiger partial charge in [-0.3, -0.25) is 9.59 Å². The molecule has 1 aromatic heterocycles. The molecule has 5 nitrogen and oxygen atoms in total. The van der Waals surface area contributed by atoms with Gasteiger partial charge in [0, 0.05) is 11.6 Å². The van der Waals surface area contributed by atoms with Crippen LogP contribution in [0, 0.1) is 0 Å². The summed E-state index contributed by atoms with van der Waals surface area (Å²) in [5.74, 6) is 0.371. The largest absolute Gasteiger partial charge is 0.497 e. The summed E-state index contributed by atoms with van der Waals surface area (Å²) in [4.78, 5) is 28.6. The zero-order valence-electron chi connectivity index (χ0n) is 16.7. The Hall–Kier alpha value is -3.57. The molecule has 3 aromatic carbocycles. The monoisotopic (exact) mass is 431 g/mol. The van der Waals surface area contributed by atoms with E-state index in [-0.39, 0.29) is 23.6 Å². The predicted octanol–water partition coefficient (Wildman–Crippen LogP) is 5.20. The SMILES string of the molecule is COc1cccc([C@@H]2c3c(oc4ccccc4c3=O)C(=O)N2Cc2ccccc2Cl)c1. The maximum atomic E-state index is 13.5. The average molecular weight is 432 g/mol. The van der Waals surface area contributed by atoms with Crippen LogP contribution in [-0.2, 0) is 6.54 Å². The number of rotatable bonds is 4. The van der Waals surface area contributed by atoms with Crippen LogP contribution in [0.15, 0.2) is 82.0 Å². The number of ether oxygens (including phenoxy) is 1. The number of fused-ring (bicyclic) bond motifs is 2. The fraction of sp³-hybridized carbons (Fsp3) is 0.120. The number of amides is 1. The molecule has 0 unspecified atom stereocenters. The first-order chi connectivity index (χ1) is 15.1. The van der Waals surface area contributed by atoms with Gasteiger partial charge in [0.25, 0.3) is 5.91 Å². The molecule has 0 fully saturated rings. The van der Waals surface area contributed by atoms with Crippen molar-refractivity contribution in [2.24, 2.45) is 0 Å². The molecule has 1 aliphatic rings. The third kappa shape index (κ3) is 3.18. The van der Waals surface area contributed by atoms with Crippen LogP contribution in [-0.4, -0.2) is 17.9 Å². The van der Waals surface area contributed by atoms with Gasteiger partial charge in [-0.05, 0) is 41.5 Å². The number of hydrogen-bond donors (Lipinski definition) is 0. The Bertz CT molecular complexity index is 1380. The summed E-state index contributed by atoms with van der Waals surface area (Å²) in [6, 6.07) is 21.1. The van der Waals surface area contributed by atoms with Crippen molar-refractivity contribution in [3.05, 3.63) is 110 Å². The number of hydrogen-bond acceptors (Lipinski definition) is 4. The number of para-hydroxylation sites is 1. The smallest absolute Gasteiger partial charge is 0.291 e. The standard InChI is InChI=1S/C25H18ClNO4/c1-30-17-9-6-8-15(13-17)22-21-23(28)18-10-3-5-12-20(18)31-24(21)25(29)27(22)14-16-7-2-4-11-19(16)26/h2-13,22H,14H2,1H3/t22-/m1/s1. The van der Waals surface area contributed by atoms with Gasteiger partial charge in [-0.2, -0.15) is 0 Å². The van der Waals surface area contributed by atoms with Gasteiger partial charge in [0.1, 0.15) is 11.3 Å². The molecule has 1 aliphatic heterocycles. The zero-order chi connectivity index (χ0) is 21.5. The molecular formula is C25H18ClNO4. The van der Waals surface area contributed by atoms with Crippen LogP contribution in [0.3, 0.4) is 0 Å². The van der Waals surface area contributed by atoms with E-state index in [0.717, 1.165) is 11.1 Å². The third-order valence-electron chi connectivity index (χ3n) is 5.58. The fourth-order valence-corrected chi connectivity index (χ4v) is 4.29. The number of nitrogens with zero attached hydrogens (tertiary/aromatic N) is 1. The van der Waals surface area contributed by atoms with Crippen molar-refractivity contribution in [1.29, 1.82) is 0 Å². The molecule has 1 atom stereocenters. The van der Waals surface area contributed by atoms with Crippen LogP contribution in [0.4, 0.5) is 0 Å². The highest BCUT2D eigenvalue weighted by Crippen LogP contribution is 2.40. The molecule has 4 aromatic rings. The van der Waals surface area contributed by atoms with E-state index in [1.165, 1.54) is 0 Å². The molecule has 0 aliphatic carbocycles. The van der Waals surface area contributed by atoms with E-state index in [0.29, 0.717) is 27.3 Å². The van der Waals surface area contributed by atoms with Crippen LogP contribution >= 0.6 is 11.6 Å². The third-order valence-corrected chi connectivity index (χ3v) is 5.95. The molecule has 5 rings (SSSR count). The lowest BCUT2D eigenvalue weighted by molar-refractivity contribution is 0.0714. The van der Waals surface area contributed by atoms with Crippen LogP contribution in [0.2, 0.25) is 5.02 Å². The van der Waals surface area contributed by atoms with Crippen molar-refractivity contribution in [2.75, 3.05) is 7.11 Å². The van der Waals surface area contributed by atoms with Crippen molar-refractivity contribution in [1.82, 2.24) is 4.90 Å². The second kappa shape index (κ2) is 7.60. The Balaban J connectivity index is 1.74. The summed E-state index contributed by atoms with van der Waals surface area (Å²) in [6.45, 7) is 0.236. The highest BCUT2D eigenvalue weighted by Gasteiger charge is 2.43. The normalized spacial score (nSPS) is 15.4. The number of benzene rings is 3. The van der Waals surface area contributed by atoms with Crippen molar-refractivity contribution in [2.45, 2.75) is 12.6 Å². The number of halogens is 1. The molecule has 0 saturated heterocycles. The molecule has 0 N–H and O–H groups in total. The quantitative estimate of drug-likeness (QED) is 0.445. The summed E-state index contributed by atoms with van der Waals surface area (Å²) in [5, 5.41) is 1.00. The van der Waals surface area contributed by atoms with E-state index < -0.39 is 6.04 Å². The Labute approximate surface area is 183 Å². The van der Waals surface area contributed by atoms with Gasteiger partial charge in [-0.15, -0.1) is 0 Å². The van der Waals surface area contributed by atoms with Crippen LogP contribution < -0.4 is 10.2 Å². The lowest BCUT2D eigenvalue weighted by Crippen LogP contribution is -2.29. The Kier molecular flexibility index (Phi) is 4.75. The predicted molar refractivity (Wildman–Crippen MR) is 119 cm³/mol. The molecule has 0 bridgehead atoms. The van der Waals surface area contributed by atoms with E-state index in [1.807, 2.05) is 42.5 Å². The van der Waals surface area contributed by atoms with Crippen molar-refractivity contribution >= 4 is 28.5 Å². The lowest BCUT2D eigenvalue weighted by atomic mass is 9.98. The van der Waals surface area contributed by atoms with Gasteiger partial charge < -0.3 is 14.1 Å². The molecule has 2 heterocycles. The molecule has 0 spiro atoms. The van der Waals surface area contributed by atoms with Gasteiger partial charge in [-0.1, -0.05) is 54.1 Å².